The summed E-state index contributed by atoms with van der Waals surface area (Å²) in [4.78, 5) is 11.7. The number of hydrazone groups is 1. The number of allylic oxidation sites excluding steroid dienone is 2. The van der Waals surface area contributed by atoms with E-state index in [1.54, 1.807) is 43.4 Å². The van der Waals surface area contributed by atoms with E-state index in [1.165, 1.54) is 12.3 Å². The monoisotopic (exact) mass is 620 g/mol. The van der Waals surface area contributed by atoms with E-state index in [9.17, 15) is 18.7 Å². The highest BCUT2D eigenvalue weighted by molar-refractivity contribution is 5.93. The maximum Gasteiger partial charge on any atom is 0.305 e. The molecule has 3 aromatic rings. The first kappa shape index (κ1) is 31.1. The van der Waals surface area contributed by atoms with Gasteiger partial charge in [-0.05, 0) is 60.2 Å². The van der Waals surface area contributed by atoms with Crippen molar-refractivity contribution < 1.29 is 32.2 Å². The third-order valence-electron chi connectivity index (χ3n) is 7.11. The third-order valence-corrected chi connectivity index (χ3v) is 7.11. The van der Waals surface area contributed by atoms with Gasteiger partial charge in [0.2, 0.25) is 0 Å². The van der Waals surface area contributed by atoms with E-state index in [0.717, 1.165) is 35.1 Å². The van der Waals surface area contributed by atoms with Crippen LogP contribution >= 0.6 is 0 Å². The minimum atomic E-state index is -4.00. The number of hydrogen-bond donors (Lipinski definition) is 5. The largest absolute Gasteiger partial charge is 0.489 e. The lowest BCUT2D eigenvalue weighted by atomic mass is 9.82. The first-order valence-corrected chi connectivity index (χ1v) is 13.7. The van der Waals surface area contributed by atoms with Crippen molar-refractivity contribution >= 4 is 12.2 Å². The summed E-state index contributed by atoms with van der Waals surface area (Å²) in [7, 11) is 1.57. The second-order valence-electron chi connectivity index (χ2n) is 10.1. The quantitative estimate of drug-likeness (QED) is 0.184. The number of β-amino-alcohol motifs (C(OH)–C–C–N with tert-alkyl or cyclic N) is 1. The molecule has 2 unspecified atom stereocenters. The van der Waals surface area contributed by atoms with E-state index >= 15 is 8.78 Å². The standard InChI is InChI=1S/C32H28F4N6O3/c1-37-30(43)24-9-4-23(5-10-24)18-45-26-12-6-21(7-13-26)2-3-22-8-15-29(38-17-22)32(35,36)31(44,19-42-20-39-40-41-42)27-14-11-25(33)16-28(27)34/h4-17,20,29,38,40-41,44H,18-19H2,1H3,(H,37,43). The fourth-order valence-corrected chi connectivity index (χ4v) is 4.63. The molecule has 2 atom stereocenters. The number of rotatable bonds is 9. The van der Waals surface area contributed by atoms with Crippen molar-refractivity contribution in [2.45, 2.75) is 24.2 Å². The molecule has 3 aromatic carbocycles. The minimum Gasteiger partial charge on any atom is -0.489 e. The molecule has 0 spiro atoms. The van der Waals surface area contributed by atoms with Crippen LogP contribution in [0.15, 0.2) is 95.8 Å². The normalized spacial score (nSPS) is 16.9. The summed E-state index contributed by atoms with van der Waals surface area (Å²) in [6, 6.07) is 14.3. The number of halogens is 4. The van der Waals surface area contributed by atoms with Crippen LogP contribution in [0.2, 0.25) is 0 Å². The molecule has 5 rings (SSSR count). The Morgan fingerprint density at radius 2 is 1.84 bits per heavy atom. The number of benzene rings is 3. The molecular formula is C32H28F4N6O3. The molecule has 13 heteroatoms. The molecule has 2 aliphatic rings. The van der Waals surface area contributed by atoms with Crippen LogP contribution in [0.25, 0.3) is 0 Å². The zero-order chi connectivity index (χ0) is 32.0. The summed E-state index contributed by atoms with van der Waals surface area (Å²) in [6.07, 6.45) is 4.87. The number of ether oxygens (including phenoxy) is 1. The Labute approximate surface area is 256 Å². The summed E-state index contributed by atoms with van der Waals surface area (Å²) in [5.74, 6) is -0.0269. The molecule has 1 amide bonds. The van der Waals surface area contributed by atoms with Gasteiger partial charge >= 0.3 is 5.92 Å². The Morgan fingerprint density at radius 3 is 2.47 bits per heavy atom. The van der Waals surface area contributed by atoms with E-state index in [2.05, 4.69) is 38.6 Å². The summed E-state index contributed by atoms with van der Waals surface area (Å²) in [6.45, 7) is -0.527. The van der Waals surface area contributed by atoms with Crippen LogP contribution in [0, 0.1) is 23.5 Å². The number of amides is 1. The Morgan fingerprint density at radius 1 is 1.09 bits per heavy atom. The van der Waals surface area contributed by atoms with Gasteiger partial charge in [0.05, 0.1) is 6.54 Å². The number of hydrogen-bond acceptors (Lipinski definition) is 8. The number of carbonyl (C=O) groups excluding carboxylic acids is 1. The molecule has 9 nitrogen and oxygen atoms in total. The highest BCUT2D eigenvalue weighted by atomic mass is 19.3. The van der Waals surface area contributed by atoms with Crippen molar-refractivity contribution in [3.8, 4) is 17.6 Å². The van der Waals surface area contributed by atoms with Crippen LogP contribution in [0.1, 0.15) is 27.0 Å². The smallest absolute Gasteiger partial charge is 0.305 e. The second kappa shape index (κ2) is 13.1. The van der Waals surface area contributed by atoms with Gasteiger partial charge in [0, 0.05) is 41.6 Å². The van der Waals surface area contributed by atoms with Crippen LogP contribution in [0.3, 0.4) is 0 Å². The Hall–Kier alpha value is -5.32. The van der Waals surface area contributed by atoms with E-state index in [4.69, 9.17) is 4.74 Å². The second-order valence-corrected chi connectivity index (χ2v) is 10.1. The van der Waals surface area contributed by atoms with Gasteiger partial charge in [-0.25, -0.2) is 23.1 Å². The molecule has 5 N–H and O–H groups in total. The van der Waals surface area contributed by atoms with Gasteiger partial charge in [-0.15, -0.1) is 5.53 Å². The number of dihydropyridines is 1. The summed E-state index contributed by atoms with van der Waals surface area (Å²) in [5.41, 5.74) is 3.33. The fraction of sp³-hybridized carbons (Fsp3) is 0.188. The zero-order valence-electron chi connectivity index (χ0n) is 23.8. The molecule has 0 saturated carbocycles. The lowest BCUT2D eigenvalue weighted by Gasteiger charge is -2.41. The first-order chi connectivity index (χ1) is 21.6. The van der Waals surface area contributed by atoms with E-state index < -0.39 is 41.3 Å². The number of alkyl halides is 2. The number of nitrogens with one attached hydrogen (secondary N) is 4. The van der Waals surface area contributed by atoms with Crippen LogP contribution < -0.4 is 26.4 Å². The SMILES string of the molecule is CNC(=O)c1ccc(COc2ccc(C#CC3=CNC(C(F)(F)C(O)(CN4C=NNN4)c4ccc(F)cc4F)C=C3)cc2)cc1. The molecule has 0 saturated heterocycles. The van der Waals surface area contributed by atoms with Crippen LogP contribution in [0.5, 0.6) is 5.75 Å². The van der Waals surface area contributed by atoms with Gasteiger partial charge in [-0.3, -0.25) is 9.80 Å². The van der Waals surface area contributed by atoms with Crippen molar-refractivity contribution in [2.75, 3.05) is 13.6 Å². The maximum absolute atomic E-state index is 16.0. The molecule has 0 bridgehead atoms. The predicted octanol–water partition coefficient (Wildman–Crippen LogP) is 3.46. The molecule has 2 aliphatic heterocycles. The summed E-state index contributed by atoms with van der Waals surface area (Å²) in [5, 5.41) is 21.1. The van der Waals surface area contributed by atoms with E-state index in [-0.39, 0.29) is 5.91 Å². The van der Waals surface area contributed by atoms with E-state index in [1.807, 2.05) is 12.1 Å². The van der Waals surface area contributed by atoms with Crippen LogP contribution in [-0.4, -0.2) is 47.9 Å². The average molecular weight is 621 g/mol. The van der Waals surface area contributed by atoms with Gasteiger partial charge in [-0.1, -0.05) is 30.0 Å². The van der Waals surface area contributed by atoms with Gasteiger partial charge < -0.3 is 20.5 Å². The molecule has 45 heavy (non-hydrogen) atoms. The number of aliphatic hydroxyl groups is 1. The molecular weight excluding hydrogens is 592 g/mol. The molecule has 232 valence electrons. The predicted molar refractivity (Wildman–Crippen MR) is 158 cm³/mol. The van der Waals surface area contributed by atoms with Gasteiger partial charge in [0.15, 0.2) is 5.60 Å². The molecule has 2 heterocycles. The van der Waals surface area contributed by atoms with Crippen LogP contribution in [0.4, 0.5) is 17.6 Å². The molecule has 0 radical (unpaired) electrons. The summed E-state index contributed by atoms with van der Waals surface area (Å²) < 4.78 is 66.1. The minimum absolute atomic E-state index is 0.169. The molecule has 0 aliphatic carbocycles. The van der Waals surface area contributed by atoms with Gasteiger partial charge in [-0.2, -0.15) is 5.10 Å². The zero-order valence-corrected chi connectivity index (χ0v) is 23.8. The topological polar surface area (TPSA) is 110 Å². The van der Waals surface area contributed by atoms with Gasteiger partial charge in [0.25, 0.3) is 5.91 Å². The third kappa shape index (κ3) is 6.93. The molecule has 0 fully saturated rings. The first-order valence-electron chi connectivity index (χ1n) is 13.7. The molecule has 0 aromatic heterocycles. The Kier molecular flexibility index (Phi) is 9.08. The fourth-order valence-electron chi connectivity index (χ4n) is 4.63. The maximum atomic E-state index is 16.0. The lowest BCUT2D eigenvalue weighted by Crippen LogP contribution is -2.62. The summed E-state index contributed by atoms with van der Waals surface area (Å²) >= 11 is 0. The number of nitrogens with zero attached hydrogens (tertiary/aromatic N) is 2. The van der Waals surface area contributed by atoms with E-state index in [0.29, 0.717) is 35.1 Å². The van der Waals surface area contributed by atoms with Crippen molar-refractivity contribution in [1.29, 1.82) is 0 Å². The lowest BCUT2D eigenvalue weighted by molar-refractivity contribution is -0.204. The van der Waals surface area contributed by atoms with Crippen molar-refractivity contribution in [3.63, 3.8) is 0 Å². The van der Waals surface area contributed by atoms with Crippen molar-refractivity contribution in [1.82, 2.24) is 26.7 Å². The van der Waals surface area contributed by atoms with Gasteiger partial charge in [0.1, 0.15) is 36.4 Å². The Balaban J connectivity index is 1.23. The number of hydrazine groups is 2. The van der Waals surface area contributed by atoms with Crippen molar-refractivity contribution in [3.05, 3.63) is 125 Å². The highest BCUT2D eigenvalue weighted by Crippen LogP contribution is 2.43. The highest BCUT2D eigenvalue weighted by Gasteiger charge is 2.60. The van der Waals surface area contributed by atoms with Crippen LogP contribution in [-0.2, 0) is 12.2 Å². The Bertz CT molecular complexity index is 1700. The average Bonchev–Trinajstić information content (AvgIpc) is 3.56. The number of carbonyl (C=O) groups is 1. The van der Waals surface area contributed by atoms with Crippen molar-refractivity contribution in [2.24, 2.45) is 5.10 Å².